The van der Waals surface area contributed by atoms with E-state index in [2.05, 4.69) is 42.1 Å². The first kappa shape index (κ1) is 24.1. The third kappa shape index (κ3) is 9.84. The van der Waals surface area contributed by atoms with Crippen LogP contribution < -0.4 is 10.7 Å². The maximum atomic E-state index is 10.5. The first-order chi connectivity index (χ1) is 13.5. The molecule has 0 aliphatic rings. The Kier molecular flexibility index (Phi) is 12.1. The van der Waals surface area contributed by atoms with E-state index in [4.69, 9.17) is 9.47 Å². The van der Waals surface area contributed by atoms with E-state index in [9.17, 15) is 4.79 Å². The Morgan fingerprint density at radius 2 is 1.75 bits per heavy atom. The van der Waals surface area contributed by atoms with Crippen molar-refractivity contribution in [2.24, 2.45) is 10.4 Å². The second kappa shape index (κ2) is 14.1. The predicted molar refractivity (Wildman–Crippen MR) is 116 cm³/mol. The summed E-state index contributed by atoms with van der Waals surface area (Å²) in [5.74, 6) is 2.53. The van der Waals surface area contributed by atoms with Crippen LogP contribution >= 0.6 is 0 Å². The molecule has 0 saturated carbocycles. The van der Waals surface area contributed by atoms with E-state index in [0.29, 0.717) is 39.4 Å². The molecule has 0 aliphatic carbocycles. The van der Waals surface area contributed by atoms with Gasteiger partial charge in [0.25, 0.3) is 0 Å². The molecule has 1 aromatic rings. The Balaban J connectivity index is 2.37. The maximum Gasteiger partial charge on any atom is 0.119 e. The van der Waals surface area contributed by atoms with Crippen LogP contribution in [0.5, 0.6) is 0 Å². The quantitative estimate of drug-likeness (QED) is 0.234. The monoisotopic (exact) mass is 388 g/mol. The van der Waals surface area contributed by atoms with Crippen LogP contribution in [0.3, 0.4) is 0 Å². The van der Waals surface area contributed by atoms with Gasteiger partial charge in [-0.25, -0.2) is 4.99 Å². The van der Waals surface area contributed by atoms with Crippen LogP contribution in [0.1, 0.15) is 45.4 Å². The van der Waals surface area contributed by atoms with E-state index in [1.807, 2.05) is 12.1 Å². The van der Waals surface area contributed by atoms with Gasteiger partial charge in [0.2, 0.25) is 0 Å². The molecule has 0 spiro atoms. The van der Waals surface area contributed by atoms with E-state index in [-0.39, 0.29) is 5.41 Å². The Bertz CT molecular complexity index is 678. The molecule has 1 atom stereocenters. The molecule has 0 aliphatic heterocycles. The first-order valence-electron chi connectivity index (χ1n) is 10.1. The maximum absolute atomic E-state index is 10.5. The van der Waals surface area contributed by atoms with Crippen molar-refractivity contribution in [3.05, 3.63) is 29.4 Å². The smallest absolute Gasteiger partial charge is 0.119 e. The molecule has 0 radical (unpaired) electrons. The van der Waals surface area contributed by atoms with Gasteiger partial charge in [-0.15, -0.1) is 0 Å². The molecular weight excluding hydrogens is 352 g/mol. The highest BCUT2D eigenvalue weighted by Crippen LogP contribution is 2.26. The number of carbonyl (C=O) groups is 1. The van der Waals surface area contributed by atoms with Gasteiger partial charge >= 0.3 is 0 Å². The number of hydrogen-bond acceptors (Lipinski definition) is 4. The van der Waals surface area contributed by atoms with Crippen molar-refractivity contribution >= 4 is 25.3 Å². The van der Waals surface area contributed by atoms with Gasteiger partial charge in [0.15, 0.2) is 0 Å². The zero-order valence-corrected chi connectivity index (χ0v) is 17.5. The van der Waals surface area contributed by atoms with E-state index in [0.717, 1.165) is 55.6 Å². The zero-order chi connectivity index (χ0) is 20.7. The number of hydrogen-bond donors (Lipinski definition) is 0. The van der Waals surface area contributed by atoms with E-state index < -0.39 is 0 Å². The molecule has 1 unspecified atom stereocenters. The third-order valence-corrected chi connectivity index (χ3v) is 4.76. The van der Waals surface area contributed by atoms with Crippen LogP contribution in [0.4, 0.5) is 0 Å². The van der Waals surface area contributed by atoms with Crippen LogP contribution in [0, 0.1) is 5.41 Å². The molecule has 5 heteroatoms. The summed E-state index contributed by atoms with van der Waals surface area (Å²) in [6, 6.07) is 3.97. The Morgan fingerprint density at radius 1 is 1.11 bits per heavy atom. The summed E-state index contributed by atoms with van der Waals surface area (Å²) in [5.41, 5.74) is -0.0486. The molecule has 0 saturated heterocycles. The molecule has 1 aromatic heterocycles. The summed E-state index contributed by atoms with van der Waals surface area (Å²) in [7, 11) is 0. The Morgan fingerprint density at radius 3 is 2.36 bits per heavy atom. The summed E-state index contributed by atoms with van der Waals surface area (Å²) < 4.78 is 14.0. The summed E-state index contributed by atoms with van der Waals surface area (Å²) in [4.78, 5) is 14.5. The molecule has 28 heavy (non-hydrogen) atoms. The second-order valence-electron chi connectivity index (χ2n) is 7.54. The zero-order valence-electron chi connectivity index (χ0n) is 17.5. The van der Waals surface area contributed by atoms with Gasteiger partial charge in [-0.3, -0.25) is 0 Å². The Hall–Kier alpha value is -1.94. The fourth-order valence-corrected chi connectivity index (χ4v) is 3.10. The van der Waals surface area contributed by atoms with Gasteiger partial charge in [0.05, 0.1) is 19.8 Å². The molecule has 156 valence electrons. The molecule has 0 aromatic carbocycles. The third-order valence-electron chi connectivity index (χ3n) is 4.76. The highest BCUT2D eigenvalue weighted by atomic mass is 16.5. The lowest BCUT2D eigenvalue weighted by Crippen LogP contribution is -2.30. The number of aliphatic imine (C=N–C) groups is 1. The fraction of sp³-hybridized carbons (Fsp3) is 0.609. The van der Waals surface area contributed by atoms with Crippen LogP contribution in [-0.2, 0) is 20.8 Å². The molecule has 0 amide bonds. The van der Waals surface area contributed by atoms with Crippen LogP contribution in [0.25, 0.3) is 13.2 Å². The largest absolute Gasteiger partial charge is 0.381 e. The van der Waals surface area contributed by atoms with Crippen molar-refractivity contribution in [3.63, 3.8) is 0 Å². The van der Waals surface area contributed by atoms with Crippen molar-refractivity contribution in [1.29, 1.82) is 0 Å². The van der Waals surface area contributed by atoms with Crippen molar-refractivity contribution < 1.29 is 14.3 Å². The first-order valence-corrected chi connectivity index (χ1v) is 10.1. The average Bonchev–Trinajstić information content (AvgIpc) is 3.00. The predicted octanol–water partition coefficient (Wildman–Crippen LogP) is 2.74. The number of rotatable bonds is 17. The number of aromatic nitrogens is 1. The van der Waals surface area contributed by atoms with E-state index in [1.165, 1.54) is 0 Å². The van der Waals surface area contributed by atoms with E-state index in [1.54, 1.807) is 0 Å². The average molecular weight is 389 g/mol. The lowest BCUT2D eigenvalue weighted by atomic mass is 9.86. The van der Waals surface area contributed by atoms with Gasteiger partial charge < -0.3 is 18.8 Å². The lowest BCUT2D eigenvalue weighted by molar-refractivity contribution is -0.108. The summed E-state index contributed by atoms with van der Waals surface area (Å²) >= 11 is 0. The van der Waals surface area contributed by atoms with Crippen molar-refractivity contribution in [2.45, 2.75) is 52.0 Å². The minimum Gasteiger partial charge on any atom is -0.381 e. The van der Waals surface area contributed by atoms with Gasteiger partial charge in [-0.05, 0) is 50.3 Å². The highest BCUT2D eigenvalue weighted by Gasteiger charge is 2.24. The standard InChI is InChI=1S/C23H36N2O3/c1-5-24-14-9-17-27-19-23(4,13-7-6-8-16-26)20-28-18-10-15-25-21(2)11-12-22(25)3/h11-12,16H,1-3,6-10,13-15,17-20H2,4H3. The van der Waals surface area contributed by atoms with Gasteiger partial charge in [-0.2, -0.15) is 0 Å². The lowest BCUT2D eigenvalue weighted by Gasteiger charge is -2.29. The van der Waals surface area contributed by atoms with Crippen LogP contribution in [0.15, 0.2) is 23.7 Å². The summed E-state index contributed by atoms with van der Waals surface area (Å²) in [5, 5.41) is 1.97. The van der Waals surface area contributed by atoms with Crippen LogP contribution in [-0.4, -0.2) is 49.7 Å². The normalized spacial score (nSPS) is 13.0. The van der Waals surface area contributed by atoms with Crippen molar-refractivity contribution in [2.75, 3.05) is 33.0 Å². The van der Waals surface area contributed by atoms with E-state index >= 15 is 0 Å². The molecule has 1 rings (SSSR count). The SMILES string of the molecule is C=C=NCCCOCC(C)(CCCCC=O)COCCCn1c(=C)ccc1=C. The number of unbranched alkanes of at least 4 members (excludes halogenated alkanes) is 2. The van der Waals surface area contributed by atoms with Gasteiger partial charge in [-0.1, -0.05) is 26.5 Å². The van der Waals surface area contributed by atoms with Crippen LogP contribution in [0.2, 0.25) is 0 Å². The van der Waals surface area contributed by atoms with Crippen molar-refractivity contribution in [1.82, 2.24) is 4.57 Å². The molecule has 5 nitrogen and oxygen atoms in total. The van der Waals surface area contributed by atoms with Crippen molar-refractivity contribution in [3.8, 4) is 0 Å². The number of ether oxygens (including phenoxy) is 2. The summed E-state index contributed by atoms with van der Waals surface area (Å²) in [6.07, 6.45) is 6.29. The topological polar surface area (TPSA) is 52.8 Å². The molecular formula is C23H36N2O3. The molecule has 1 heterocycles. The minimum atomic E-state index is -0.0486. The fourth-order valence-electron chi connectivity index (χ4n) is 3.10. The molecule has 0 N–H and O–H groups in total. The van der Waals surface area contributed by atoms with Gasteiger partial charge in [0, 0.05) is 42.3 Å². The molecule has 0 fully saturated rings. The number of carbonyl (C=O) groups excluding carboxylic acids is 1. The van der Waals surface area contributed by atoms with Gasteiger partial charge in [0.1, 0.15) is 6.29 Å². The highest BCUT2D eigenvalue weighted by molar-refractivity contribution is 5.48. The summed E-state index contributed by atoms with van der Waals surface area (Å²) in [6.45, 7) is 17.9. The minimum absolute atomic E-state index is 0.0486. The number of nitrogens with zero attached hydrogens (tertiary/aromatic N) is 2. The second-order valence-corrected chi connectivity index (χ2v) is 7.54. The Labute approximate surface area is 169 Å². The molecule has 0 bridgehead atoms. The number of aldehydes is 1.